The van der Waals surface area contributed by atoms with Gasteiger partial charge in [0.25, 0.3) is 0 Å². The van der Waals surface area contributed by atoms with Crippen molar-refractivity contribution in [2.24, 2.45) is 0 Å². The molecule has 0 amide bonds. The molecule has 0 aliphatic rings. The number of likely N-dealkylation sites (N-methyl/N-ethyl adjacent to an activating group) is 1. The van der Waals surface area contributed by atoms with Gasteiger partial charge >= 0.3 is 0 Å². The number of hydrogen-bond donors (Lipinski definition) is 1. The first-order valence-electron chi connectivity index (χ1n) is 6.71. The van der Waals surface area contributed by atoms with Crippen molar-refractivity contribution < 1.29 is 4.74 Å². The van der Waals surface area contributed by atoms with E-state index in [1.807, 2.05) is 19.2 Å². The second-order valence-corrected chi connectivity index (χ2v) is 5.77. The van der Waals surface area contributed by atoms with Crippen molar-refractivity contribution in [3.63, 3.8) is 0 Å². The lowest BCUT2D eigenvalue weighted by atomic mass is 9.95. The molecule has 0 saturated heterocycles. The van der Waals surface area contributed by atoms with Crippen LogP contribution in [-0.2, 0) is 6.42 Å². The predicted molar refractivity (Wildman–Crippen MR) is 87.4 cm³/mol. The molecule has 0 bridgehead atoms. The molecule has 1 N–H and O–H groups in total. The molecule has 0 aliphatic carbocycles. The Balaban J connectivity index is 2.31. The van der Waals surface area contributed by atoms with E-state index in [9.17, 15) is 0 Å². The first kappa shape index (κ1) is 15.1. The molecule has 0 fully saturated rings. The summed E-state index contributed by atoms with van der Waals surface area (Å²) >= 11 is 3.53. The Kier molecular flexibility index (Phi) is 5.21. The minimum Gasteiger partial charge on any atom is -0.496 e. The van der Waals surface area contributed by atoms with Crippen LogP contribution >= 0.6 is 15.9 Å². The third kappa shape index (κ3) is 3.41. The standard InChI is InChI=1S/C17H20BrNO/c1-12-6-4-5-7-15(12)16(19-2)11-13-10-14(18)8-9-17(13)20-3/h4-10,16,19H,11H2,1-3H3. The van der Waals surface area contributed by atoms with Gasteiger partial charge in [-0.25, -0.2) is 0 Å². The summed E-state index contributed by atoms with van der Waals surface area (Å²) in [5.74, 6) is 0.932. The molecule has 106 valence electrons. The van der Waals surface area contributed by atoms with E-state index in [-0.39, 0.29) is 6.04 Å². The summed E-state index contributed by atoms with van der Waals surface area (Å²) in [7, 11) is 3.72. The Labute approximate surface area is 129 Å². The van der Waals surface area contributed by atoms with Crippen LogP contribution in [0.15, 0.2) is 46.9 Å². The molecule has 0 aromatic heterocycles. The Morgan fingerprint density at radius 1 is 1.20 bits per heavy atom. The predicted octanol–water partition coefficient (Wildman–Crippen LogP) is 4.27. The summed E-state index contributed by atoms with van der Waals surface area (Å²) in [6.07, 6.45) is 0.893. The molecule has 0 heterocycles. The molecule has 1 atom stereocenters. The van der Waals surface area contributed by atoms with Crippen molar-refractivity contribution in [2.75, 3.05) is 14.2 Å². The van der Waals surface area contributed by atoms with Crippen LogP contribution in [0.3, 0.4) is 0 Å². The molecule has 0 saturated carbocycles. The summed E-state index contributed by atoms with van der Waals surface area (Å²) in [6.45, 7) is 2.15. The van der Waals surface area contributed by atoms with Crippen LogP contribution in [0.4, 0.5) is 0 Å². The second kappa shape index (κ2) is 6.91. The van der Waals surface area contributed by atoms with Crippen molar-refractivity contribution in [1.29, 1.82) is 0 Å². The van der Waals surface area contributed by atoms with Gasteiger partial charge < -0.3 is 10.1 Å². The van der Waals surface area contributed by atoms with Gasteiger partial charge in [-0.15, -0.1) is 0 Å². The highest BCUT2D eigenvalue weighted by Crippen LogP contribution is 2.28. The van der Waals surface area contributed by atoms with E-state index >= 15 is 0 Å². The van der Waals surface area contributed by atoms with E-state index < -0.39 is 0 Å². The maximum atomic E-state index is 5.46. The van der Waals surface area contributed by atoms with E-state index in [1.54, 1.807) is 7.11 Å². The van der Waals surface area contributed by atoms with E-state index in [0.29, 0.717) is 0 Å². The number of halogens is 1. The summed E-state index contributed by atoms with van der Waals surface area (Å²) in [6, 6.07) is 14.9. The number of ether oxygens (including phenoxy) is 1. The van der Waals surface area contributed by atoms with Crippen LogP contribution in [-0.4, -0.2) is 14.2 Å². The zero-order valence-electron chi connectivity index (χ0n) is 12.1. The molecule has 1 unspecified atom stereocenters. The third-order valence-corrected chi connectivity index (χ3v) is 4.07. The van der Waals surface area contributed by atoms with Crippen LogP contribution in [0.1, 0.15) is 22.7 Å². The molecule has 0 radical (unpaired) electrons. The van der Waals surface area contributed by atoms with Crippen LogP contribution in [0.5, 0.6) is 5.75 Å². The molecule has 2 aromatic rings. The topological polar surface area (TPSA) is 21.3 Å². The molecular weight excluding hydrogens is 314 g/mol. The largest absolute Gasteiger partial charge is 0.496 e. The van der Waals surface area contributed by atoms with Gasteiger partial charge in [-0.2, -0.15) is 0 Å². The van der Waals surface area contributed by atoms with Crippen molar-refractivity contribution >= 4 is 15.9 Å². The normalized spacial score (nSPS) is 12.2. The first-order valence-corrected chi connectivity index (χ1v) is 7.50. The highest BCUT2D eigenvalue weighted by atomic mass is 79.9. The van der Waals surface area contributed by atoms with Gasteiger partial charge in [0.05, 0.1) is 7.11 Å². The SMILES string of the molecule is CNC(Cc1cc(Br)ccc1OC)c1ccccc1C. The summed E-state index contributed by atoms with van der Waals surface area (Å²) in [5, 5.41) is 3.41. The van der Waals surface area contributed by atoms with Crippen LogP contribution in [0.25, 0.3) is 0 Å². The highest BCUT2D eigenvalue weighted by molar-refractivity contribution is 9.10. The molecule has 2 rings (SSSR count). The molecule has 0 aliphatic heterocycles. The quantitative estimate of drug-likeness (QED) is 0.882. The van der Waals surface area contributed by atoms with Crippen molar-refractivity contribution in [1.82, 2.24) is 5.32 Å². The van der Waals surface area contributed by atoms with Crippen molar-refractivity contribution in [3.8, 4) is 5.75 Å². The minimum absolute atomic E-state index is 0.277. The molecular formula is C17H20BrNO. The summed E-state index contributed by atoms with van der Waals surface area (Å²) in [4.78, 5) is 0. The number of rotatable bonds is 5. The van der Waals surface area contributed by atoms with Crippen LogP contribution in [0, 0.1) is 6.92 Å². The number of aryl methyl sites for hydroxylation is 1. The molecule has 2 nitrogen and oxygen atoms in total. The molecule has 0 spiro atoms. The Hall–Kier alpha value is -1.32. The average molecular weight is 334 g/mol. The van der Waals surface area contributed by atoms with E-state index in [4.69, 9.17) is 4.74 Å². The number of nitrogens with one attached hydrogen (secondary N) is 1. The van der Waals surface area contributed by atoms with Gasteiger partial charge in [0.1, 0.15) is 5.75 Å². The lowest BCUT2D eigenvalue weighted by Gasteiger charge is -2.20. The maximum absolute atomic E-state index is 5.46. The van der Waals surface area contributed by atoms with E-state index in [0.717, 1.165) is 16.6 Å². The summed E-state index contributed by atoms with van der Waals surface area (Å²) in [5.41, 5.74) is 3.84. The highest BCUT2D eigenvalue weighted by Gasteiger charge is 2.15. The zero-order chi connectivity index (χ0) is 14.5. The average Bonchev–Trinajstić information content (AvgIpc) is 2.46. The molecule has 3 heteroatoms. The van der Waals surface area contributed by atoms with Crippen molar-refractivity contribution in [2.45, 2.75) is 19.4 Å². The van der Waals surface area contributed by atoms with Gasteiger partial charge in [-0.05, 0) is 55.3 Å². The summed E-state index contributed by atoms with van der Waals surface area (Å²) < 4.78 is 6.54. The molecule has 2 aromatic carbocycles. The van der Waals surface area contributed by atoms with Gasteiger partial charge in [0.15, 0.2) is 0 Å². The third-order valence-electron chi connectivity index (χ3n) is 3.58. The zero-order valence-corrected chi connectivity index (χ0v) is 13.7. The van der Waals surface area contributed by atoms with E-state index in [1.165, 1.54) is 16.7 Å². The first-order chi connectivity index (χ1) is 9.65. The molecule has 20 heavy (non-hydrogen) atoms. The Morgan fingerprint density at radius 3 is 2.60 bits per heavy atom. The fourth-order valence-electron chi connectivity index (χ4n) is 2.47. The van der Waals surface area contributed by atoms with Crippen LogP contribution in [0.2, 0.25) is 0 Å². The van der Waals surface area contributed by atoms with Gasteiger partial charge in [-0.1, -0.05) is 40.2 Å². The minimum atomic E-state index is 0.277. The number of hydrogen-bond acceptors (Lipinski definition) is 2. The van der Waals surface area contributed by atoms with Crippen molar-refractivity contribution in [3.05, 3.63) is 63.6 Å². The Bertz CT molecular complexity index is 583. The Morgan fingerprint density at radius 2 is 1.95 bits per heavy atom. The maximum Gasteiger partial charge on any atom is 0.122 e. The van der Waals surface area contributed by atoms with Crippen LogP contribution < -0.4 is 10.1 Å². The number of methoxy groups -OCH3 is 1. The van der Waals surface area contributed by atoms with Gasteiger partial charge in [0.2, 0.25) is 0 Å². The smallest absolute Gasteiger partial charge is 0.122 e. The fourth-order valence-corrected chi connectivity index (χ4v) is 2.88. The van der Waals surface area contributed by atoms with Gasteiger partial charge in [0, 0.05) is 10.5 Å². The second-order valence-electron chi connectivity index (χ2n) is 4.86. The number of benzene rings is 2. The van der Waals surface area contributed by atoms with Gasteiger partial charge in [-0.3, -0.25) is 0 Å². The fraction of sp³-hybridized carbons (Fsp3) is 0.294. The monoisotopic (exact) mass is 333 g/mol. The lowest BCUT2D eigenvalue weighted by molar-refractivity contribution is 0.406. The van der Waals surface area contributed by atoms with E-state index in [2.05, 4.69) is 58.5 Å². The lowest BCUT2D eigenvalue weighted by Crippen LogP contribution is -2.20.